The third-order valence-corrected chi connectivity index (χ3v) is 15.6. The van der Waals surface area contributed by atoms with E-state index >= 15 is 0 Å². The van der Waals surface area contributed by atoms with Crippen molar-refractivity contribution in [2.75, 3.05) is 7.05 Å². The summed E-state index contributed by atoms with van der Waals surface area (Å²) < 4.78 is 0. The van der Waals surface area contributed by atoms with Crippen LogP contribution in [-0.4, -0.2) is 23.8 Å². The summed E-state index contributed by atoms with van der Waals surface area (Å²) in [6.07, 6.45) is 0. The zero-order chi connectivity index (χ0) is 43.3. The molecule has 0 saturated carbocycles. The highest BCUT2D eigenvalue weighted by Crippen LogP contribution is 2.61. The molecule has 0 aromatic heterocycles. The maximum Gasteiger partial charge on any atom is 0.261 e. The molecule has 2 amide bonds. The second-order valence-corrected chi connectivity index (χ2v) is 18.5. The van der Waals surface area contributed by atoms with Crippen LogP contribution in [0.2, 0.25) is 0 Å². The molecule has 1 aliphatic carbocycles. The summed E-state index contributed by atoms with van der Waals surface area (Å²) in [7, 11) is 1.57. The van der Waals surface area contributed by atoms with Crippen molar-refractivity contribution in [1.82, 2.24) is 4.90 Å². The van der Waals surface area contributed by atoms with Crippen LogP contribution in [0.25, 0.3) is 152 Å². The monoisotopic (exact) mass is 835 g/mol. The van der Waals surface area contributed by atoms with Gasteiger partial charge < -0.3 is 0 Å². The molecule has 0 bridgehead atoms. The van der Waals surface area contributed by atoms with Gasteiger partial charge in [-0.15, -0.1) is 0 Å². The van der Waals surface area contributed by atoms with Gasteiger partial charge in [-0.1, -0.05) is 170 Å². The van der Waals surface area contributed by atoms with Gasteiger partial charge in [0.25, 0.3) is 11.8 Å². The first-order valence-corrected chi connectivity index (χ1v) is 22.7. The molecule has 0 atom stereocenters. The fourth-order valence-corrected chi connectivity index (χ4v) is 13.0. The number of imide groups is 1. The lowest BCUT2D eigenvalue weighted by molar-refractivity contribution is 0.0650. The Morgan fingerprint density at radius 1 is 0.242 bits per heavy atom. The fourth-order valence-electron chi connectivity index (χ4n) is 13.0. The van der Waals surface area contributed by atoms with E-state index in [1.54, 1.807) is 7.05 Å². The first kappa shape index (κ1) is 34.8. The number of fused-ring (bicyclic) bond motifs is 13. The SMILES string of the molecule is CN1C(=O)c2ccc3c4ccc5c6ccc7c8c(ccc(c9ccc(c%10ccc(c2c3%10)C1=O)c4c59)c86)-c1c-7c(-c2ccccc2)c2c3ccccc3c3ccccc3c2c1-c1ccccc1. The normalized spacial score (nSPS) is 13.6. The summed E-state index contributed by atoms with van der Waals surface area (Å²) in [5.74, 6) is -0.506. The van der Waals surface area contributed by atoms with Crippen LogP contribution in [0, 0.1) is 0 Å². The highest BCUT2D eigenvalue weighted by Gasteiger charge is 2.35. The quantitative estimate of drug-likeness (QED) is 0.0988. The number of hydrogen-bond acceptors (Lipinski definition) is 2. The topological polar surface area (TPSA) is 37.4 Å². The van der Waals surface area contributed by atoms with E-state index in [1.165, 1.54) is 125 Å². The van der Waals surface area contributed by atoms with Gasteiger partial charge >= 0.3 is 0 Å². The molecule has 3 nitrogen and oxygen atoms in total. The lowest BCUT2D eigenvalue weighted by Gasteiger charge is -2.26. The number of carbonyl (C=O) groups is 2. The van der Waals surface area contributed by atoms with Crippen molar-refractivity contribution < 1.29 is 9.59 Å². The number of nitrogens with zero attached hydrogens (tertiary/aromatic N) is 1. The Labute approximate surface area is 377 Å². The Balaban J connectivity index is 1.09. The van der Waals surface area contributed by atoms with Gasteiger partial charge in [0.1, 0.15) is 0 Å². The van der Waals surface area contributed by atoms with Crippen molar-refractivity contribution in [1.29, 1.82) is 0 Å². The fraction of sp³-hybridized carbons (Fsp3) is 0.0159. The Morgan fingerprint density at radius 2 is 0.515 bits per heavy atom. The van der Waals surface area contributed by atoms with Crippen molar-refractivity contribution in [2.24, 2.45) is 0 Å². The molecule has 14 aromatic rings. The summed E-state index contributed by atoms with van der Waals surface area (Å²) in [5.41, 5.74) is 11.3. The van der Waals surface area contributed by atoms with E-state index in [1.807, 2.05) is 12.1 Å². The molecule has 1 heterocycles. The number of hydrogen-bond donors (Lipinski definition) is 0. The minimum Gasteiger partial charge on any atom is -0.277 e. The first-order valence-electron chi connectivity index (χ1n) is 22.7. The van der Waals surface area contributed by atoms with E-state index in [4.69, 9.17) is 0 Å². The van der Waals surface area contributed by atoms with Crippen molar-refractivity contribution in [3.8, 4) is 44.5 Å². The van der Waals surface area contributed by atoms with Crippen molar-refractivity contribution >= 4 is 120 Å². The van der Waals surface area contributed by atoms with Crippen LogP contribution < -0.4 is 0 Å². The third-order valence-electron chi connectivity index (χ3n) is 15.6. The molecule has 0 N–H and O–H groups in total. The summed E-state index contributed by atoms with van der Waals surface area (Å²) in [5, 5.41) is 23.8. The van der Waals surface area contributed by atoms with Crippen LogP contribution in [0.1, 0.15) is 20.7 Å². The molecule has 0 saturated heterocycles. The maximum atomic E-state index is 13.5. The van der Waals surface area contributed by atoms with Crippen LogP contribution in [0.15, 0.2) is 182 Å². The summed E-state index contributed by atoms with van der Waals surface area (Å²) in [4.78, 5) is 28.2. The van der Waals surface area contributed by atoms with Gasteiger partial charge in [-0.2, -0.15) is 0 Å². The summed E-state index contributed by atoms with van der Waals surface area (Å²) in [6.45, 7) is 0. The summed E-state index contributed by atoms with van der Waals surface area (Å²) >= 11 is 0. The number of carbonyl (C=O) groups excluding carboxylic acids is 2. The van der Waals surface area contributed by atoms with E-state index in [0.717, 1.165) is 32.3 Å². The lowest BCUT2D eigenvalue weighted by atomic mass is 9.79. The predicted molar refractivity (Wildman–Crippen MR) is 276 cm³/mol. The predicted octanol–water partition coefficient (Wildman–Crippen LogP) is 16.3. The molecule has 0 spiro atoms. The van der Waals surface area contributed by atoms with Crippen molar-refractivity contribution in [3.63, 3.8) is 0 Å². The van der Waals surface area contributed by atoms with Gasteiger partial charge in [0.2, 0.25) is 0 Å². The lowest BCUT2D eigenvalue weighted by Crippen LogP contribution is -2.36. The van der Waals surface area contributed by atoms with E-state index in [9.17, 15) is 9.59 Å². The molecule has 0 unspecified atom stereocenters. The van der Waals surface area contributed by atoms with Gasteiger partial charge in [-0.05, 0) is 159 Å². The number of amides is 2. The van der Waals surface area contributed by atoms with Crippen molar-refractivity contribution in [2.45, 2.75) is 0 Å². The average Bonchev–Trinajstić information content (AvgIpc) is 3.71. The largest absolute Gasteiger partial charge is 0.277 e. The molecule has 3 heteroatoms. The molecule has 1 aliphatic heterocycles. The molecule has 14 aromatic carbocycles. The maximum absolute atomic E-state index is 13.5. The van der Waals surface area contributed by atoms with E-state index < -0.39 is 0 Å². The molecule has 302 valence electrons. The average molecular weight is 836 g/mol. The third kappa shape index (κ3) is 3.95. The molecular formula is C63H33NO2. The Hall–Kier alpha value is -8.66. The van der Waals surface area contributed by atoms with Crippen LogP contribution in [0.3, 0.4) is 0 Å². The van der Waals surface area contributed by atoms with Crippen LogP contribution in [0.5, 0.6) is 0 Å². The second kappa shape index (κ2) is 11.9. The zero-order valence-corrected chi connectivity index (χ0v) is 35.6. The highest BCUT2D eigenvalue weighted by atomic mass is 16.2. The van der Waals surface area contributed by atoms with E-state index in [2.05, 4.69) is 170 Å². The first-order chi connectivity index (χ1) is 32.6. The number of rotatable bonds is 2. The standard InChI is InChI=1S/C63H33NO2/c1-64-62(65)48-30-26-44-40-22-20-38-42-24-28-46-56-47(29-25-43(54(42)56)39-21-23-41(53(40)52(38)39)45-27-31-49(63(64)66)57(48)55(44)45)61-51(33-14-6-3-7-15-33)59-37-19-11-9-17-35(37)34-16-8-10-18-36(34)58(59)50(60(46)61)32-12-4-2-5-13-32/h2-31H,1H3. The Morgan fingerprint density at radius 3 is 0.894 bits per heavy atom. The van der Waals surface area contributed by atoms with Gasteiger partial charge in [-0.3, -0.25) is 14.5 Å². The second-order valence-electron chi connectivity index (χ2n) is 18.5. The van der Waals surface area contributed by atoms with Gasteiger partial charge in [0.15, 0.2) is 0 Å². The van der Waals surface area contributed by atoms with Gasteiger partial charge in [0.05, 0.1) is 0 Å². The van der Waals surface area contributed by atoms with E-state index in [-0.39, 0.29) is 11.8 Å². The van der Waals surface area contributed by atoms with E-state index in [0.29, 0.717) is 11.1 Å². The molecule has 0 radical (unpaired) electrons. The van der Waals surface area contributed by atoms with Gasteiger partial charge in [0, 0.05) is 23.6 Å². The molecule has 2 aliphatic rings. The smallest absolute Gasteiger partial charge is 0.261 e. The zero-order valence-electron chi connectivity index (χ0n) is 35.6. The highest BCUT2D eigenvalue weighted by molar-refractivity contribution is 6.46. The van der Waals surface area contributed by atoms with Crippen LogP contribution in [0.4, 0.5) is 0 Å². The van der Waals surface area contributed by atoms with Gasteiger partial charge in [-0.25, -0.2) is 0 Å². The number of benzene rings is 14. The van der Waals surface area contributed by atoms with Crippen LogP contribution in [-0.2, 0) is 0 Å². The van der Waals surface area contributed by atoms with Crippen molar-refractivity contribution in [3.05, 3.63) is 193 Å². The summed E-state index contributed by atoms with van der Waals surface area (Å²) in [6, 6.07) is 67.0. The molecular weight excluding hydrogens is 803 g/mol. The minimum atomic E-state index is -0.253. The Bertz CT molecular complexity index is 4330. The Kier molecular flexibility index (Phi) is 6.28. The molecule has 16 rings (SSSR count). The molecule has 0 fully saturated rings. The minimum absolute atomic E-state index is 0.253. The van der Waals surface area contributed by atoms with Crippen LogP contribution >= 0.6 is 0 Å². The molecule has 66 heavy (non-hydrogen) atoms.